The van der Waals surface area contributed by atoms with E-state index in [0.717, 1.165) is 49.4 Å². The summed E-state index contributed by atoms with van der Waals surface area (Å²) in [5, 5.41) is -0.196. The van der Waals surface area contributed by atoms with Gasteiger partial charge in [0.05, 0.1) is 31.6 Å². The van der Waals surface area contributed by atoms with Crippen molar-refractivity contribution in [1.29, 1.82) is 0 Å². The van der Waals surface area contributed by atoms with Crippen molar-refractivity contribution in [3.8, 4) is 5.75 Å². The number of benzene rings is 3. The number of sulfonamides is 1. The molecule has 4 aliphatic rings. The number of carbonyl (C=O) groups is 1. The molecule has 3 aromatic rings. The molecule has 8 nitrogen and oxygen atoms in total. The molecular formula is C40H47ClN2O6S. The topological polar surface area (TPSA) is 94.2 Å². The number of allylic oxidation sites excluding steroid dienone is 1. The van der Waals surface area contributed by atoms with E-state index in [9.17, 15) is 13.2 Å². The van der Waals surface area contributed by atoms with Crippen molar-refractivity contribution in [2.75, 3.05) is 44.9 Å². The zero-order chi connectivity index (χ0) is 34.9. The Morgan fingerprint density at radius 1 is 1.06 bits per heavy atom. The van der Waals surface area contributed by atoms with Crippen LogP contribution in [0, 0.1) is 17.8 Å². The normalized spacial score (nSPS) is 29.8. The molecule has 50 heavy (non-hydrogen) atoms. The lowest BCUT2D eigenvalue weighted by Crippen LogP contribution is -2.49. The number of hydrogen-bond acceptors (Lipinski definition) is 7. The molecule has 1 N–H and O–H groups in total. The second kappa shape index (κ2) is 14.7. The van der Waals surface area contributed by atoms with Gasteiger partial charge in [0.2, 0.25) is 10.0 Å². The molecule has 0 unspecified atom stereocenters. The summed E-state index contributed by atoms with van der Waals surface area (Å²) in [6.07, 6.45) is 9.65. The first-order valence-electron chi connectivity index (χ1n) is 17.9. The Kier molecular flexibility index (Phi) is 10.3. The van der Waals surface area contributed by atoms with Crippen LogP contribution >= 0.6 is 11.6 Å². The van der Waals surface area contributed by atoms with E-state index >= 15 is 0 Å². The molecule has 3 aromatic carbocycles. The lowest BCUT2D eigenvalue weighted by Gasteiger charge is -2.46. The quantitative estimate of drug-likeness (QED) is 0.219. The molecular weight excluding hydrogens is 672 g/mol. The van der Waals surface area contributed by atoms with Crippen LogP contribution in [0.2, 0.25) is 5.02 Å². The maximum atomic E-state index is 14.1. The van der Waals surface area contributed by atoms with Gasteiger partial charge in [-0.3, -0.25) is 4.79 Å². The third-order valence-corrected chi connectivity index (χ3v) is 13.4. The van der Waals surface area contributed by atoms with Gasteiger partial charge in [-0.15, -0.1) is 0 Å². The highest BCUT2D eigenvalue weighted by atomic mass is 35.5. The molecule has 2 heterocycles. The highest BCUT2D eigenvalue weighted by molar-refractivity contribution is 7.90. The van der Waals surface area contributed by atoms with E-state index in [1.54, 1.807) is 13.2 Å². The van der Waals surface area contributed by atoms with E-state index in [2.05, 4.69) is 33.9 Å². The van der Waals surface area contributed by atoms with Crippen molar-refractivity contribution < 1.29 is 27.4 Å². The van der Waals surface area contributed by atoms with Crippen LogP contribution in [-0.2, 0) is 31.3 Å². The second-order valence-corrected chi connectivity index (χ2v) is 16.8. The molecule has 6 atom stereocenters. The van der Waals surface area contributed by atoms with Gasteiger partial charge in [-0.05, 0) is 103 Å². The number of halogens is 1. The fraction of sp³-hybridized carbons (Fsp3) is 0.475. The Hall–Kier alpha value is -3.37. The Labute approximate surface area is 301 Å². The molecule has 1 spiro atoms. The maximum Gasteiger partial charge on any atom is 0.264 e. The number of aryl methyl sites for hydroxylation is 1. The number of nitrogens with zero attached hydrogens (tertiary/aromatic N) is 1. The van der Waals surface area contributed by atoms with Crippen LogP contribution in [0.1, 0.15) is 71.3 Å². The van der Waals surface area contributed by atoms with Crippen LogP contribution in [0.3, 0.4) is 0 Å². The van der Waals surface area contributed by atoms with E-state index in [1.165, 1.54) is 11.1 Å². The summed E-state index contributed by atoms with van der Waals surface area (Å²) in [7, 11) is -2.45. The minimum atomic E-state index is -4.13. The van der Waals surface area contributed by atoms with Gasteiger partial charge in [-0.2, -0.15) is 0 Å². The Morgan fingerprint density at radius 3 is 2.68 bits per heavy atom. The molecule has 0 aromatic heterocycles. The molecule has 2 aliphatic heterocycles. The first-order valence-corrected chi connectivity index (χ1v) is 19.8. The highest BCUT2D eigenvalue weighted by Gasteiger charge is 2.45. The number of fused-ring (bicyclic) bond motifs is 4. The van der Waals surface area contributed by atoms with Crippen molar-refractivity contribution in [1.82, 2.24) is 4.72 Å². The van der Waals surface area contributed by atoms with Gasteiger partial charge >= 0.3 is 0 Å². The Balaban J connectivity index is 1.31. The molecule has 2 aliphatic carbocycles. The van der Waals surface area contributed by atoms with Gasteiger partial charge in [-0.1, -0.05) is 67.1 Å². The minimum Gasteiger partial charge on any atom is -0.490 e. The zero-order valence-electron chi connectivity index (χ0n) is 28.9. The average Bonchev–Trinajstić information content (AvgIpc) is 3.23. The molecule has 1 saturated carbocycles. The van der Waals surface area contributed by atoms with E-state index in [4.69, 9.17) is 25.8 Å². The number of hydrogen-bond donors (Lipinski definition) is 1. The fourth-order valence-corrected chi connectivity index (χ4v) is 10.6. The first kappa shape index (κ1) is 35.1. The molecule has 0 saturated heterocycles. The smallest absolute Gasteiger partial charge is 0.264 e. The van der Waals surface area contributed by atoms with Crippen LogP contribution in [0.4, 0.5) is 5.69 Å². The van der Waals surface area contributed by atoms with Crippen LogP contribution < -0.4 is 14.4 Å². The van der Waals surface area contributed by atoms with Crippen molar-refractivity contribution in [3.05, 3.63) is 106 Å². The Morgan fingerprint density at radius 2 is 1.90 bits per heavy atom. The number of nitrogens with one attached hydrogen (secondary N) is 1. The summed E-state index contributed by atoms with van der Waals surface area (Å²) >= 11 is 6.46. The third-order valence-electron chi connectivity index (χ3n) is 11.3. The van der Waals surface area contributed by atoms with Crippen LogP contribution in [0.5, 0.6) is 5.75 Å². The predicted molar refractivity (Wildman–Crippen MR) is 197 cm³/mol. The number of rotatable bonds is 5. The SMILES string of the molecule is COCCO[C@H]1/C=C\C[C@H](C)[C@@H](c2ccccc2)S(=O)(=O)NC(=O)c2ccc3c(c2)N(C[C@@H]2CC[C@H]21)C[C@@]1(CCCc2cc(Cl)ccc21)CO3. The summed E-state index contributed by atoms with van der Waals surface area (Å²) in [6.45, 7) is 4.87. The van der Waals surface area contributed by atoms with Crippen LogP contribution in [0.25, 0.3) is 0 Å². The van der Waals surface area contributed by atoms with Crippen LogP contribution in [0.15, 0.2) is 78.9 Å². The second-order valence-electron chi connectivity index (χ2n) is 14.6. The lowest BCUT2D eigenvalue weighted by atomic mass is 9.68. The van der Waals surface area contributed by atoms with Gasteiger partial charge in [0.25, 0.3) is 5.91 Å². The number of methoxy groups -OCH3 is 1. The third kappa shape index (κ3) is 7.07. The molecule has 0 radical (unpaired) electrons. The number of amides is 1. The molecule has 2 bridgehead atoms. The standard InChI is InChI=1S/C40H47ClN2O6S/c1-27-8-6-12-36(48-21-20-47-2)33-16-13-31(33)24-43-25-40(19-7-11-29-22-32(41)15-17-34(29)40)26-49-37-18-14-30(23-35(37)43)39(44)42-50(45,46)38(27)28-9-4-3-5-10-28/h3-6,9-10,12,14-15,17-18,22-23,27,31,33,36,38H,7-8,11,13,16,19-21,24-26H2,1-2H3,(H,42,44)/b12-6-/t27-,31-,33+,36-,38-,40-/m0/s1. The van der Waals surface area contributed by atoms with Crippen LogP contribution in [-0.4, -0.2) is 60.4 Å². The summed E-state index contributed by atoms with van der Waals surface area (Å²) < 4.78 is 49.1. The van der Waals surface area contributed by atoms with Crippen molar-refractivity contribution in [3.63, 3.8) is 0 Å². The number of ether oxygens (including phenoxy) is 3. The largest absolute Gasteiger partial charge is 0.490 e. The number of carbonyl (C=O) groups excluding carboxylic acids is 1. The minimum absolute atomic E-state index is 0.129. The van der Waals surface area contributed by atoms with Gasteiger partial charge < -0.3 is 19.1 Å². The first-order chi connectivity index (χ1) is 24.2. The summed E-state index contributed by atoms with van der Waals surface area (Å²) in [5.41, 5.74) is 4.00. The summed E-state index contributed by atoms with van der Waals surface area (Å²) in [6, 6.07) is 20.7. The van der Waals surface area contributed by atoms with Crippen molar-refractivity contribution in [2.24, 2.45) is 17.8 Å². The van der Waals surface area contributed by atoms with E-state index in [1.807, 2.05) is 55.5 Å². The maximum absolute atomic E-state index is 14.1. The van der Waals surface area contributed by atoms with Crippen molar-refractivity contribution >= 4 is 33.2 Å². The zero-order valence-corrected chi connectivity index (χ0v) is 30.4. The van der Waals surface area contributed by atoms with Gasteiger partial charge in [-0.25, -0.2) is 13.1 Å². The Bertz CT molecular complexity index is 1830. The van der Waals surface area contributed by atoms with Gasteiger partial charge in [0.1, 0.15) is 11.0 Å². The molecule has 7 rings (SSSR count). The monoisotopic (exact) mass is 718 g/mol. The predicted octanol–water partition coefficient (Wildman–Crippen LogP) is 7.27. The van der Waals surface area contributed by atoms with Gasteiger partial charge in [0.15, 0.2) is 0 Å². The number of anilines is 1. The van der Waals surface area contributed by atoms with Gasteiger partial charge in [0, 0.05) is 36.2 Å². The summed E-state index contributed by atoms with van der Waals surface area (Å²) in [4.78, 5) is 16.3. The molecule has 1 amide bonds. The summed E-state index contributed by atoms with van der Waals surface area (Å²) in [5.74, 6) is 0.372. The van der Waals surface area contributed by atoms with E-state index in [-0.39, 0.29) is 28.9 Å². The molecule has 1 fully saturated rings. The fourth-order valence-electron chi connectivity index (χ4n) is 8.64. The average molecular weight is 719 g/mol. The van der Waals surface area contributed by atoms with E-state index < -0.39 is 21.2 Å². The van der Waals surface area contributed by atoms with Crippen molar-refractivity contribution in [2.45, 2.75) is 62.2 Å². The molecule has 10 heteroatoms. The molecule has 266 valence electrons. The lowest BCUT2D eigenvalue weighted by molar-refractivity contribution is -0.0309. The highest BCUT2D eigenvalue weighted by Crippen LogP contribution is 2.47. The van der Waals surface area contributed by atoms with E-state index in [0.29, 0.717) is 50.0 Å².